The Labute approximate surface area is 202 Å². The molecule has 0 aliphatic rings. The van der Waals surface area contributed by atoms with E-state index in [9.17, 15) is 49.8 Å². The van der Waals surface area contributed by atoms with Gasteiger partial charge < -0.3 is 49.6 Å². The lowest BCUT2D eigenvalue weighted by Gasteiger charge is -2.24. The summed E-state index contributed by atoms with van der Waals surface area (Å²) in [7, 11) is 0. The van der Waals surface area contributed by atoms with Crippen molar-refractivity contribution in [2.45, 2.75) is 26.1 Å². The van der Waals surface area contributed by atoms with Gasteiger partial charge >= 0.3 is 23.9 Å². The van der Waals surface area contributed by atoms with E-state index in [1.54, 1.807) is 0 Å². The standard InChI is InChI=1S/C22H22O14/c1-3-33-21(31)17(35-19(29)9-5-11(23)15(27)12(24)6-9)18(22(32)34-4-2)36-20(30)10-7-13(25)16(28)14(26)8-10/h5-8,17-18,23-28H,3-4H2,1-2H3/t17-,18-/m0/s1. The maximum atomic E-state index is 12.6. The van der Waals surface area contributed by atoms with E-state index in [-0.39, 0.29) is 13.2 Å². The molecule has 2 aromatic carbocycles. The van der Waals surface area contributed by atoms with Crippen LogP contribution in [-0.4, -0.2) is 79.9 Å². The van der Waals surface area contributed by atoms with E-state index in [1.165, 1.54) is 13.8 Å². The van der Waals surface area contributed by atoms with Gasteiger partial charge in [-0.2, -0.15) is 0 Å². The SMILES string of the molecule is CCOC(=O)[C@@H](OC(=O)c1cc(O)c(O)c(O)c1)[C@H](OC(=O)c1cc(O)c(O)c(O)c1)C(=O)OCC. The highest BCUT2D eigenvalue weighted by Crippen LogP contribution is 2.37. The van der Waals surface area contributed by atoms with Crippen molar-refractivity contribution in [1.82, 2.24) is 0 Å². The number of rotatable bonds is 9. The predicted octanol–water partition coefficient (Wildman–Crippen LogP) is 0.797. The summed E-state index contributed by atoms with van der Waals surface area (Å²) in [4.78, 5) is 50.4. The highest BCUT2D eigenvalue weighted by atomic mass is 16.6. The largest absolute Gasteiger partial charge is 0.504 e. The van der Waals surface area contributed by atoms with Crippen LogP contribution >= 0.6 is 0 Å². The number of phenolic OH excluding ortho intramolecular Hbond substituents is 6. The summed E-state index contributed by atoms with van der Waals surface area (Å²) in [5.74, 6) is -11.0. The average molecular weight is 510 g/mol. The molecule has 2 atom stereocenters. The highest BCUT2D eigenvalue weighted by Gasteiger charge is 2.43. The molecule has 0 saturated carbocycles. The Kier molecular flexibility index (Phi) is 8.74. The number of benzene rings is 2. The van der Waals surface area contributed by atoms with Gasteiger partial charge in [0, 0.05) is 0 Å². The maximum Gasteiger partial charge on any atom is 0.352 e. The van der Waals surface area contributed by atoms with Crippen LogP contribution in [0.15, 0.2) is 24.3 Å². The van der Waals surface area contributed by atoms with Gasteiger partial charge in [0.25, 0.3) is 0 Å². The van der Waals surface area contributed by atoms with Crippen LogP contribution in [0.4, 0.5) is 0 Å². The second-order valence-electron chi connectivity index (χ2n) is 6.88. The third-order valence-electron chi connectivity index (χ3n) is 4.39. The van der Waals surface area contributed by atoms with Crippen LogP contribution < -0.4 is 0 Å². The van der Waals surface area contributed by atoms with E-state index in [0.717, 1.165) is 0 Å². The number of esters is 4. The molecule has 0 aliphatic heterocycles. The first-order valence-corrected chi connectivity index (χ1v) is 10.2. The minimum atomic E-state index is -2.27. The summed E-state index contributed by atoms with van der Waals surface area (Å²) in [6.07, 6.45) is -4.53. The molecule has 0 saturated heterocycles. The van der Waals surface area contributed by atoms with Gasteiger partial charge in [-0.25, -0.2) is 19.2 Å². The molecule has 14 heteroatoms. The lowest BCUT2D eigenvalue weighted by molar-refractivity contribution is -0.173. The first-order chi connectivity index (χ1) is 16.9. The van der Waals surface area contributed by atoms with Gasteiger partial charge in [0.05, 0.1) is 24.3 Å². The number of ether oxygens (including phenoxy) is 4. The molecule has 0 radical (unpaired) electrons. The third-order valence-corrected chi connectivity index (χ3v) is 4.39. The number of hydrogen-bond donors (Lipinski definition) is 6. The Morgan fingerprint density at radius 1 is 0.611 bits per heavy atom. The number of carbonyl (C=O) groups excluding carboxylic acids is 4. The fraction of sp³-hybridized carbons (Fsp3) is 0.273. The molecule has 0 bridgehead atoms. The van der Waals surface area contributed by atoms with Crippen LogP contribution in [0.1, 0.15) is 34.6 Å². The summed E-state index contributed by atoms with van der Waals surface area (Å²) in [6, 6.07) is 2.75. The van der Waals surface area contributed by atoms with Crippen molar-refractivity contribution in [1.29, 1.82) is 0 Å². The average Bonchev–Trinajstić information content (AvgIpc) is 2.82. The molecule has 0 heterocycles. The Hall–Kier alpha value is -4.88. The number of phenols is 6. The summed E-state index contributed by atoms with van der Waals surface area (Å²) in [5.41, 5.74) is -1.14. The first kappa shape index (κ1) is 27.4. The van der Waals surface area contributed by atoms with Crippen molar-refractivity contribution in [2.24, 2.45) is 0 Å². The zero-order valence-electron chi connectivity index (χ0n) is 18.8. The highest BCUT2D eigenvalue weighted by molar-refractivity contribution is 5.97. The number of hydrogen-bond acceptors (Lipinski definition) is 14. The Morgan fingerprint density at radius 2 is 0.889 bits per heavy atom. The molecule has 2 aromatic rings. The topological polar surface area (TPSA) is 227 Å². The maximum absolute atomic E-state index is 12.6. The van der Waals surface area contributed by atoms with Crippen LogP contribution in [0, 0.1) is 0 Å². The van der Waals surface area contributed by atoms with Gasteiger partial charge in [-0.15, -0.1) is 0 Å². The predicted molar refractivity (Wildman–Crippen MR) is 115 cm³/mol. The fourth-order valence-corrected chi connectivity index (χ4v) is 2.73. The van der Waals surface area contributed by atoms with E-state index in [4.69, 9.17) is 18.9 Å². The zero-order valence-corrected chi connectivity index (χ0v) is 18.8. The van der Waals surface area contributed by atoms with Crippen LogP contribution in [0.3, 0.4) is 0 Å². The normalized spacial score (nSPS) is 12.2. The summed E-state index contributed by atoms with van der Waals surface area (Å²) >= 11 is 0. The Balaban J connectivity index is 2.46. The molecule has 0 aliphatic carbocycles. The summed E-state index contributed by atoms with van der Waals surface area (Å²) in [6.45, 7) is 2.27. The van der Waals surface area contributed by atoms with Gasteiger partial charge in [-0.1, -0.05) is 0 Å². The molecule has 0 aromatic heterocycles. The molecule has 0 amide bonds. The van der Waals surface area contributed by atoms with Crippen LogP contribution in [0.5, 0.6) is 34.5 Å². The lowest BCUT2D eigenvalue weighted by atomic mass is 10.1. The van der Waals surface area contributed by atoms with Crippen molar-refractivity contribution < 1.29 is 68.8 Å². The minimum Gasteiger partial charge on any atom is -0.504 e. The fourth-order valence-electron chi connectivity index (χ4n) is 2.73. The molecular formula is C22H22O14. The molecule has 0 fully saturated rings. The van der Waals surface area contributed by atoms with E-state index in [0.29, 0.717) is 24.3 Å². The van der Waals surface area contributed by atoms with Gasteiger partial charge in [-0.3, -0.25) is 0 Å². The minimum absolute atomic E-state index is 0.253. The monoisotopic (exact) mass is 510 g/mol. The Bertz CT molecular complexity index is 1030. The first-order valence-electron chi connectivity index (χ1n) is 10.2. The van der Waals surface area contributed by atoms with Crippen molar-refractivity contribution >= 4 is 23.9 Å². The second-order valence-corrected chi connectivity index (χ2v) is 6.88. The van der Waals surface area contributed by atoms with Crippen molar-refractivity contribution in [3.8, 4) is 34.5 Å². The summed E-state index contributed by atoms with van der Waals surface area (Å²) in [5, 5.41) is 57.4. The van der Waals surface area contributed by atoms with Crippen molar-refractivity contribution in [3.05, 3.63) is 35.4 Å². The lowest BCUT2D eigenvalue weighted by Crippen LogP contribution is -2.47. The zero-order chi connectivity index (χ0) is 27.2. The molecule has 14 nitrogen and oxygen atoms in total. The molecule has 0 spiro atoms. The summed E-state index contributed by atoms with van der Waals surface area (Å²) < 4.78 is 19.6. The van der Waals surface area contributed by atoms with Crippen molar-refractivity contribution in [3.63, 3.8) is 0 Å². The molecule has 2 rings (SSSR count). The van der Waals surface area contributed by atoms with Crippen LogP contribution in [0.2, 0.25) is 0 Å². The quantitative estimate of drug-likeness (QED) is 0.156. The number of carbonyl (C=O) groups is 4. The molecule has 0 unspecified atom stereocenters. The van der Waals surface area contributed by atoms with E-state index >= 15 is 0 Å². The van der Waals surface area contributed by atoms with Gasteiger partial charge in [0.2, 0.25) is 12.2 Å². The van der Waals surface area contributed by atoms with E-state index < -0.39 is 81.7 Å². The van der Waals surface area contributed by atoms with E-state index in [2.05, 4.69) is 0 Å². The second kappa shape index (κ2) is 11.5. The van der Waals surface area contributed by atoms with Crippen LogP contribution in [-0.2, 0) is 28.5 Å². The van der Waals surface area contributed by atoms with Crippen molar-refractivity contribution in [2.75, 3.05) is 13.2 Å². The molecular weight excluding hydrogens is 488 g/mol. The molecule has 194 valence electrons. The van der Waals surface area contributed by atoms with Gasteiger partial charge in [0.15, 0.2) is 34.5 Å². The van der Waals surface area contributed by atoms with Gasteiger partial charge in [-0.05, 0) is 38.1 Å². The van der Waals surface area contributed by atoms with Gasteiger partial charge in [0.1, 0.15) is 0 Å². The smallest absolute Gasteiger partial charge is 0.352 e. The molecule has 6 N–H and O–H groups in total. The third kappa shape index (κ3) is 6.16. The van der Waals surface area contributed by atoms with E-state index in [1.807, 2.05) is 0 Å². The number of aromatic hydroxyl groups is 6. The molecule has 36 heavy (non-hydrogen) atoms. The van der Waals surface area contributed by atoms with Crippen LogP contribution in [0.25, 0.3) is 0 Å². The Morgan fingerprint density at radius 3 is 1.14 bits per heavy atom.